The van der Waals surface area contributed by atoms with Gasteiger partial charge in [0.25, 0.3) is 0 Å². The third kappa shape index (κ3) is 15.5. The minimum Gasteiger partial charge on any atom is -0.463 e. The highest BCUT2D eigenvalue weighted by Gasteiger charge is 2.06. The van der Waals surface area contributed by atoms with Crippen molar-refractivity contribution in [2.24, 2.45) is 0 Å². The van der Waals surface area contributed by atoms with Crippen LogP contribution in [0.25, 0.3) is 0 Å². The van der Waals surface area contributed by atoms with Crippen LogP contribution in [0.1, 0.15) is 26.7 Å². The lowest BCUT2D eigenvalue weighted by atomic mass is 10.3. The molecule has 2 unspecified atom stereocenters. The van der Waals surface area contributed by atoms with Crippen LogP contribution in [0, 0.1) is 0 Å². The maximum atomic E-state index is 10.5. The van der Waals surface area contributed by atoms with Gasteiger partial charge in [-0.1, -0.05) is 0 Å². The number of hydrogen-bond donors (Lipinski definition) is 2. The summed E-state index contributed by atoms with van der Waals surface area (Å²) in [5.41, 5.74) is 0. The molecule has 0 aliphatic carbocycles. The zero-order valence-corrected chi connectivity index (χ0v) is 13.0. The van der Waals surface area contributed by atoms with E-state index < -0.39 is 18.2 Å². The van der Waals surface area contributed by atoms with Crippen LogP contribution in [0.2, 0.25) is 0 Å². The molecule has 2 N–H and O–H groups in total. The quantitative estimate of drug-likeness (QED) is 0.348. The number of esters is 1. The Balaban J connectivity index is 3.23. The average molecular weight is 308 g/mol. The van der Waals surface area contributed by atoms with E-state index in [1.165, 1.54) is 6.92 Å². The number of unbranched alkanes of at least 4 members (excludes halogenated alkanes) is 1. The van der Waals surface area contributed by atoms with Crippen molar-refractivity contribution in [3.63, 3.8) is 0 Å². The van der Waals surface area contributed by atoms with E-state index in [1.807, 2.05) is 6.92 Å². The van der Waals surface area contributed by atoms with Crippen LogP contribution in [0.3, 0.4) is 0 Å². The van der Waals surface area contributed by atoms with E-state index in [1.54, 1.807) is 0 Å². The van der Waals surface area contributed by atoms with Gasteiger partial charge in [0.2, 0.25) is 0 Å². The molecule has 7 nitrogen and oxygen atoms in total. The van der Waals surface area contributed by atoms with Crippen LogP contribution in [0.15, 0.2) is 0 Å². The molecule has 0 fully saturated rings. The standard InChI is InChI=1S/C14H28O7/c1-3-18-8-13(16)9-19-6-4-5-7-20-10-14(17)11-21-12(2)15/h13-14,16-17H,3-11H2,1-2H3. The number of carbonyl (C=O) groups is 1. The van der Waals surface area contributed by atoms with Gasteiger partial charge in [0, 0.05) is 26.7 Å². The normalized spacial score (nSPS) is 13.9. The third-order valence-corrected chi connectivity index (χ3v) is 2.44. The zero-order valence-electron chi connectivity index (χ0n) is 13.0. The predicted molar refractivity (Wildman–Crippen MR) is 76.0 cm³/mol. The first-order valence-electron chi connectivity index (χ1n) is 7.29. The van der Waals surface area contributed by atoms with Gasteiger partial charge in [-0.05, 0) is 19.8 Å². The molecule has 0 saturated heterocycles. The highest BCUT2D eigenvalue weighted by molar-refractivity contribution is 5.65. The maximum absolute atomic E-state index is 10.5. The lowest BCUT2D eigenvalue weighted by molar-refractivity contribution is -0.145. The van der Waals surface area contributed by atoms with Crippen molar-refractivity contribution in [1.29, 1.82) is 0 Å². The molecule has 21 heavy (non-hydrogen) atoms. The molecule has 0 aromatic rings. The number of aliphatic hydroxyl groups is 2. The van der Waals surface area contributed by atoms with Gasteiger partial charge in [-0.2, -0.15) is 0 Å². The second-order valence-corrected chi connectivity index (χ2v) is 4.63. The highest BCUT2D eigenvalue weighted by atomic mass is 16.5. The summed E-state index contributed by atoms with van der Waals surface area (Å²) in [6, 6.07) is 0. The Labute approximate surface area is 126 Å². The number of aliphatic hydroxyl groups excluding tert-OH is 2. The molecule has 0 aliphatic heterocycles. The Kier molecular flexibility index (Phi) is 13.7. The van der Waals surface area contributed by atoms with E-state index in [-0.39, 0.29) is 19.8 Å². The van der Waals surface area contributed by atoms with Crippen molar-refractivity contribution in [1.82, 2.24) is 0 Å². The minimum atomic E-state index is -0.793. The predicted octanol–water partition coefficient (Wildman–Crippen LogP) is 0.121. The summed E-state index contributed by atoms with van der Waals surface area (Å²) in [5.74, 6) is -0.419. The van der Waals surface area contributed by atoms with Crippen molar-refractivity contribution in [3.8, 4) is 0 Å². The summed E-state index contributed by atoms with van der Waals surface area (Å²) >= 11 is 0. The average Bonchev–Trinajstić information content (AvgIpc) is 2.45. The first-order valence-corrected chi connectivity index (χ1v) is 7.29. The number of ether oxygens (including phenoxy) is 4. The van der Waals surface area contributed by atoms with E-state index in [0.717, 1.165) is 12.8 Å². The molecule has 7 heteroatoms. The van der Waals surface area contributed by atoms with Gasteiger partial charge < -0.3 is 29.2 Å². The fourth-order valence-electron chi connectivity index (χ4n) is 1.41. The third-order valence-electron chi connectivity index (χ3n) is 2.44. The smallest absolute Gasteiger partial charge is 0.302 e. The Morgan fingerprint density at radius 1 is 0.905 bits per heavy atom. The molecular formula is C14H28O7. The van der Waals surface area contributed by atoms with Crippen molar-refractivity contribution < 1.29 is 34.0 Å². The Hall–Kier alpha value is -0.730. The maximum Gasteiger partial charge on any atom is 0.302 e. The molecule has 0 bridgehead atoms. The summed E-state index contributed by atoms with van der Waals surface area (Å²) in [5, 5.41) is 18.8. The fraction of sp³-hybridized carbons (Fsp3) is 0.929. The lowest BCUT2D eigenvalue weighted by Gasteiger charge is -2.12. The van der Waals surface area contributed by atoms with Gasteiger partial charge in [-0.3, -0.25) is 4.79 Å². The van der Waals surface area contributed by atoms with E-state index in [0.29, 0.717) is 26.4 Å². The van der Waals surface area contributed by atoms with E-state index in [2.05, 4.69) is 4.74 Å². The summed E-state index contributed by atoms with van der Waals surface area (Å²) in [7, 11) is 0. The second-order valence-electron chi connectivity index (χ2n) is 4.63. The van der Waals surface area contributed by atoms with Crippen LogP contribution in [0.4, 0.5) is 0 Å². The summed E-state index contributed by atoms with van der Waals surface area (Å²) in [6.45, 7) is 5.44. The first-order chi connectivity index (χ1) is 10.1. The van der Waals surface area contributed by atoms with Gasteiger partial charge in [-0.15, -0.1) is 0 Å². The number of carbonyl (C=O) groups excluding carboxylic acids is 1. The van der Waals surface area contributed by atoms with Gasteiger partial charge in [0.05, 0.1) is 19.8 Å². The summed E-state index contributed by atoms with van der Waals surface area (Å²) in [4.78, 5) is 10.5. The van der Waals surface area contributed by atoms with Crippen LogP contribution in [0.5, 0.6) is 0 Å². The van der Waals surface area contributed by atoms with Crippen LogP contribution in [-0.2, 0) is 23.7 Å². The lowest BCUT2D eigenvalue weighted by Crippen LogP contribution is -2.23. The van der Waals surface area contributed by atoms with Crippen molar-refractivity contribution in [2.45, 2.75) is 38.9 Å². The van der Waals surface area contributed by atoms with Gasteiger partial charge in [0.1, 0.15) is 18.8 Å². The number of rotatable bonds is 14. The van der Waals surface area contributed by atoms with Crippen LogP contribution >= 0.6 is 0 Å². The molecule has 0 aromatic heterocycles. The molecule has 0 saturated carbocycles. The molecule has 2 atom stereocenters. The van der Waals surface area contributed by atoms with E-state index in [4.69, 9.17) is 14.2 Å². The van der Waals surface area contributed by atoms with E-state index in [9.17, 15) is 15.0 Å². The monoisotopic (exact) mass is 308 g/mol. The second kappa shape index (κ2) is 14.2. The molecular weight excluding hydrogens is 280 g/mol. The van der Waals surface area contributed by atoms with Crippen LogP contribution < -0.4 is 0 Å². The van der Waals surface area contributed by atoms with Crippen LogP contribution in [-0.4, -0.2) is 74.6 Å². The highest BCUT2D eigenvalue weighted by Crippen LogP contribution is 1.95. The van der Waals surface area contributed by atoms with E-state index >= 15 is 0 Å². The van der Waals surface area contributed by atoms with Crippen molar-refractivity contribution in [2.75, 3.05) is 46.2 Å². The minimum absolute atomic E-state index is 0.0455. The summed E-state index contributed by atoms with van der Waals surface area (Å²) in [6.07, 6.45) is 0.222. The van der Waals surface area contributed by atoms with Crippen molar-refractivity contribution >= 4 is 5.97 Å². The molecule has 0 aromatic carbocycles. The molecule has 0 radical (unpaired) electrons. The summed E-state index contributed by atoms with van der Waals surface area (Å²) < 4.78 is 20.2. The fourth-order valence-corrected chi connectivity index (χ4v) is 1.41. The largest absolute Gasteiger partial charge is 0.463 e. The molecule has 0 rings (SSSR count). The topological polar surface area (TPSA) is 94.5 Å². The zero-order chi connectivity index (χ0) is 15.9. The molecule has 0 spiro atoms. The van der Waals surface area contributed by atoms with Gasteiger partial charge in [0.15, 0.2) is 0 Å². The van der Waals surface area contributed by atoms with Crippen molar-refractivity contribution in [3.05, 3.63) is 0 Å². The Morgan fingerprint density at radius 3 is 1.86 bits per heavy atom. The first kappa shape index (κ1) is 20.3. The van der Waals surface area contributed by atoms with Gasteiger partial charge in [-0.25, -0.2) is 0 Å². The SMILES string of the molecule is CCOCC(O)COCCCCOCC(O)COC(C)=O. The molecule has 0 amide bonds. The molecule has 0 aliphatic rings. The molecule has 0 heterocycles. The Morgan fingerprint density at radius 2 is 1.38 bits per heavy atom. The Bertz CT molecular complexity index is 247. The number of hydrogen-bond acceptors (Lipinski definition) is 7. The molecule has 126 valence electrons. The van der Waals surface area contributed by atoms with Gasteiger partial charge >= 0.3 is 5.97 Å².